The zero-order chi connectivity index (χ0) is 15.3. The van der Waals surface area contributed by atoms with E-state index in [-0.39, 0.29) is 0 Å². The first-order valence-corrected chi connectivity index (χ1v) is 9.15. The van der Waals surface area contributed by atoms with Crippen LogP contribution in [-0.2, 0) is 0 Å². The summed E-state index contributed by atoms with van der Waals surface area (Å²) in [6.07, 6.45) is 1.19. The highest BCUT2D eigenvalue weighted by Gasteiger charge is 2.27. The van der Waals surface area contributed by atoms with E-state index in [1.54, 1.807) is 0 Å². The van der Waals surface area contributed by atoms with Crippen LogP contribution in [0.5, 0.6) is 0 Å². The molecule has 21 heavy (non-hydrogen) atoms. The summed E-state index contributed by atoms with van der Waals surface area (Å²) in [5.74, 6) is 1.27. The summed E-state index contributed by atoms with van der Waals surface area (Å²) in [5, 5.41) is 3.65. The molecule has 1 saturated heterocycles. The number of nitrogens with zero attached hydrogens (tertiary/aromatic N) is 1. The van der Waals surface area contributed by atoms with Crippen molar-refractivity contribution in [3.8, 4) is 0 Å². The van der Waals surface area contributed by atoms with E-state index in [4.69, 9.17) is 0 Å². The summed E-state index contributed by atoms with van der Waals surface area (Å²) < 4.78 is 0.412. The van der Waals surface area contributed by atoms with Crippen LogP contribution in [-0.4, -0.2) is 41.6 Å². The van der Waals surface area contributed by atoms with Gasteiger partial charge in [0.2, 0.25) is 0 Å². The number of hydrogen-bond donors (Lipinski definition) is 1. The Morgan fingerprint density at radius 2 is 2.19 bits per heavy atom. The van der Waals surface area contributed by atoms with Gasteiger partial charge in [-0.15, -0.1) is 0 Å². The molecule has 2 nitrogen and oxygen atoms in total. The van der Waals surface area contributed by atoms with Crippen LogP contribution in [0.15, 0.2) is 24.3 Å². The zero-order valence-corrected chi connectivity index (χ0v) is 14.8. The first-order valence-electron chi connectivity index (χ1n) is 8.16. The van der Waals surface area contributed by atoms with E-state index < -0.39 is 0 Å². The van der Waals surface area contributed by atoms with Crippen molar-refractivity contribution in [1.29, 1.82) is 0 Å². The van der Waals surface area contributed by atoms with Crippen LogP contribution < -0.4 is 5.32 Å². The topological polar surface area (TPSA) is 15.3 Å². The predicted octanol–water partition coefficient (Wildman–Crippen LogP) is 3.86. The van der Waals surface area contributed by atoms with Gasteiger partial charge in [0.05, 0.1) is 0 Å². The summed E-state index contributed by atoms with van der Waals surface area (Å²) in [7, 11) is 0. The highest BCUT2D eigenvalue weighted by molar-refractivity contribution is 8.00. The molecule has 0 saturated carbocycles. The van der Waals surface area contributed by atoms with E-state index in [0.717, 1.165) is 6.54 Å². The molecule has 0 spiro atoms. The first kappa shape index (κ1) is 16.9. The highest BCUT2D eigenvalue weighted by Crippen LogP contribution is 2.30. The Balaban J connectivity index is 1.94. The molecule has 0 bridgehead atoms. The Morgan fingerprint density at radius 1 is 1.38 bits per heavy atom. The smallest absolute Gasteiger partial charge is 0.0332 e. The van der Waals surface area contributed by atoms with Crippen molar-refractivity contribution in [2.24, 2.45) is 0 Å². The summed E-state index contributed by atoms with van der Waals surface area (Å²) in [6, 6.07) is 9.42. The van der Waals surface area contributed by atoms with Gasteiger partial charge in [0.15, 0.2) is 0 Å². The third-order valence-electron chi connectivity index (χ3n) is 4.13. The van der Waals surface area contributed by atoms with Crippen molar-refractivity contribution in [2.75, 3.05) is 31.9 Å². The second kappa shape index (κ2) is 7.66. The number of aryl methyl sites for hydroxylation is 1. The minimum atomic E-state index is 0.412. The Bertz CT molecular complexity index is 445. The molecular weight excluding hydrogens is 276 g/mol. The van der Waals surface area contributed by atoms with Crippen molar-refractivity contribution >= 4 is 11.8 Å². The molecule has 1 heterocycles. The first-order chi connectivity index (χ1) is 10.00. The van der Waals surface area contributed by atoms with Gasteiger partial charge in [0.1, 0.15) is 0 Å². The third-order valence-corrected chi connectivity index (χ3v) is 5.43. The fourth-order valence-electron chi connectivity index (χ4n) is 3.14. The van der Waals surface area contributed by atoms with Crippen LogP contribution >= 0.6 is 11.8 Å². The van der Waals surface area contributed by atoms with E-state index in [9.17, 15) is 0 Å². The van der Waals surface area contributed by atoms with Crippen molar-refractivity contribution in [1.82, 2.24) is 10.2 Å². The molecule has 118 valence electrons. The van der Waals surface area contributed by atoms with Crippen molar-refractivity contribution in [2.45, 2.75) is 44.9 Å². The Kier molecular flexibility index (Phi) is 6.15. The van der Waals surface area contributed by atoms with Gasteiger partial charge in [-0.1, -0.05) is 36.8 Å². The monoisotopic (exact) mass is 306 g/mol. The van der Waals surface area contributed by atoms with Crippen LogP contribution in [0.25, 0.3) is 0 Å². The van der Waals surface area contributed by atoms with Gasteiger partial charge in [-0.05, 0) is 39.3 Å². The van der Waals surface area contributed by atoms with Crippen molar-refractivity contribution in [3.05, 3.63) is 35.4 Å². The van der Waals surface area contributed by atoms with Gasteiger partial charge in [0.25, 0.3) is 0 Å². The quantitative estimate of drug-likeness (QED) is 0.859. The lowest BCUT2D eigenvalue weighted by molar-refractivity contribution is 0.245. The van der Waals surface area contributed by atoms with Crippen LogP contribution in [0.1, 0.15) is 44.4 Å². The van der Waals surface area contributed by atoms with E-state index in [0.29, 0.717) is 10.8 Å². The number of nitrogens with one attached hydrogen (secondary N) is 1. The molecule has 1 aliphatic heterocycles. The highest BCUT2D eigenvalue weighted by atomic mass is 32.2. The molecule has 1 N–H and O–H groups in total. The molecule has 1 fully saturated rings. The second-order valence-corrected chi connectivity index (χ2v) is 8.50. The maximum Gasteiger partial charge on any atom is 0.0332 e. The molecule has 1 aromatic carbocycles. The van der Waals surface area contributed by atoms with Gasteiger partial charge in [-0.3, -0.25) is 0 Å². The molecule has 3 heteroatoms. The van der Waals surface area contributed by atoms with Gasteiger partial charge in [-0.2, -0.15) is 11.8 Å². The van der Waals surface area contributed by atoms with Crippen LogP contribution in [0.2, 0.25) is 0 Å². The maximum absolute atomic E-state index is 3.65. The molecule has 0 radical (unpaired) electrons. The summed E-state index contributed by atoms with van der Waals surface area (Å²) in [6.45, 7) is 13.8. The second-order valence-electron chi connectivity index (χ2n) is 6.70. The van der Waals surface area contributed by atoms with E-state index in [1.165, 1.54) is 42.9 Å². The molecule has 1 aliphatic rings. The fourth-order valence-corrected chi connectivity index (χ4v) is 4.31. The number of hydrogen-bond acceptors (Lipinski definition) is 3. The van der Waals surface area contributed by atoms with Crippen LogP contribution in [0.3, 0.4) is 0 Å². The van der Waals surface area contributed by atoms with Crippen LogP contribution in [0.4, 0.5) is 0 Å². The lowest BCUT2D eigenvalue weighted by atomic mass is 10.0. The third kappa shape index (κ3) is 5.32. The maximum atomic E-state index is 3.65. The number of rotatable bonds is 6. The SMILES string of the molecule is CCNC(CCN1CCSC(C)(C)C1)c1cccc(C)c1. The standard InChI is InChI=1S/C18H30N2S/c1-5-19-17(16-8-6-7-15(2)13-16)9-10-20-11-12-21-18(3,4)14-20/h6-8,13,17,19H,5,9-12,14H2,1-4H3. The molecule has 1 atom stereocenters. The zero-order valence-electron chi connectivity index (χ0n) is 14.0. The van der Waals surface area contributed by atoms with Crippen molar-refractivity contribution < 1.29 is 0 Å². The molecular formula is C18H30N2S. The van der Waals surface area contributed by atoms with Gasteiger partial charge >= 0.3 is 0 Å². The molecule has 0 aliphatic carbocycles. The summed E-state index contributed by atoms with van der Waals surface area (Å²) >= 11 is 2.11. The van der Waals surface area contributed by atoms with Gasteiger partial charge < -0.3 is 10.2 Å². The molecule has 2 rings (SSSR count). The number of thioether (sulfide) groups is 1. The van der Waals surface area contributed by atoms with E-state index in [2.05, 4.69) is 73.9 Å². The molecule has 1 unspecified atom stereocenters. The minimum Gasteiger partial charge on any atom is -0.310 e. The van der Waals surface area contributed by atoms with E-state index >= 15 is 0 Å². The lowest BCUT2D eigenvalue weighted by Crippen LogP contribution is -2.44. The average molecular weight is 307 g/mol. The average Bonchev–Trinajstić information content (AvgIpc) is 2.42. The molecule has 0 amide bonds. The lowest BCUT2D eigenvalue weighted by Gasteiger charge is -2.38. The minimum absolute atomic E-state index is 0.412. The molecule has 0 aromatic heterocycles. The molecule has 1 aromatic rings. The Labute approximate surface area is 134 Å². The summed E-state index contributed by atoms with van der Waals surface area (Å²) in [4.78, 5) is 2.64. The predicted molar refractivity (Wildman–Crippen MR) is 95.2 cm³/mol. The van der Waals surface area contributed by atoms with E-state index in [1.807, 2.05) is 0 Å². The largest absolute Gasteiger partial charge is 0.310 e. The Morgan fingerprint density at radius 3 is 2.86 bits per heavy atom. The van der Waals surface area contributed by atoms with Crippen molar-refractivity contribution in [3.63, 3.8) is 0 Å². The van der Waals surface area contributed by atoms with Gasteiger partial charge in [0, 0.05) is 36.2 Å². The summed E-state index contributed by atoms with van der Waals surface area (Å²) in [5.41, 5.74) is 2.79. The Hall–Kier alpha value is -0.510. The number of benzene rings is 1. The van der Waals surface area contributed by atoms with Gasteiger partial charge in [-0.25, -0.2) is 0 Å². The fraction of sp³-hybridized carbons (Fsp3) is 0.667. The van der Waals surface area contributed by atoms with Crippen LogP contribution in [0, 0.1) is 6.92 Å². The normalized spacial score (nSPS) is 20.4.